The van der Waals surface area contributed by atoms with Crippen molar-refractivity contribution in [3.63, 3.8) is 0 Å². The number of nitrogens with zero attached hydrogens (tertiary/aromatic N) is 1. The number of non-ortho nitro benzene ring substituents is 1. The van der Waals surface area contributed by atoms with E-state index in [1.807, 2.05) is 0 Å². The Morgan fingerprint density at radius 3 is 2.52 bits per heavy atom. The van der Waals surface area contributed by atoms with E-state index in [2.05, 4.69) is 4.74 Å². The average molecular weight is 305 g/mol. The highest BCUT2D eigenvalue weighted by atomic mass is 32.1. The lowest BCUT2D eigenvalue weighted by Crippen LogP contribution is -2.16. The molecule has 0 fully saturated rings. The van der Waals surface area contributed by atoms with E-state index in [4.69, 9.17) is 0 Å². The van der Waals surface area contributed by atoms with Crippen molar-refractivity contribution in [2.24, 2.45) is 0 Å². The van der Waals surface area contributed by atoms with Gasteiger partial charge in [-0.25, -0.2) is 4.79 Å². The summed E-state index contributed by atoms with van der Waals surface area (Å²) in [5.41, 5.74) is 0.999. The van der Waals surface area contributed by atoms with Crippen LogP contribution in [0.5, 0.6) is 0 Å². The van der Waals surface area contributed by atoms with Crippen LogP contribution < -0.4 is 0 Å². The van der Waals surface area contributed by atoms with Crippen LogP contribution in [0.15, 0.2) is 35.7 Å². The molecule has 0 amide bonds. The molecule has 21 heavy (non-hydrogen) atoms. The highest BCUT2D eigenvalue weighted by Gasteiger charge is 2.19. The minimum atomic E-state index is -0.884. The number of thiophene rings is 1. The van der Waals surface area contributed by atoms with Gasteiger partial charge in [-0.3, -0.25) is 14.9 Å². The van der Waals surface area contributed by atoms with Crippen LogP contribution in [0.1, 0.15) is 17.3 Å². The van der Waals surface area contributed by atoms with Crippen molar-refractivity contribution >= 4 is 28.8 Å². The van der Waals surface area contributed by atoms with Crippen LogP contribution in [0.2, 0.25) is 0 Å². The van der Waals surface area contributed by atoms with Crippen LogP contribution in [0, 0.1) is 10.1 Å². The minimum Gasteiger partial charge on any atom is -0.460 e. The summed E-state index contributed by atoms with van der Waals surface area (Å²) in [6.07, 6.45) is 0. The third-order valence-electron chi connectivity index (χ3n) is 2.69. The van der Waals surface area contributed by atoms with E-state index < -0.39 is 16.7 Å². The zero-order valence-electron chi connectivity index (χ0n) is 11.1. The monoisotopic (exact) mass is 305 g/mol. The number of carbonyl (C=O) groups is 2. The third kappa shape index (κ3) is 3.32. The molecule has 0 N–H and O–H groups in total. The number of Topliss-reactive ketones (excluding diaryl/α,β-unsaturated/α-hetero) is 1. The lowest BCUT2D eigenvalue weighted by molar-refractivity contribution is -0.384. The summed E-state index contributed by atoms with van der Waals surface area (Å²) in [6, 6.07) is 7.56. The standard InChI is InChI=1S/C14H11NO5S/c1-2-20-14(17)13(16)10-7-12(21-8-10)9-3-5-11(6-4-9)15(18)19/h3-8H,2H2,1H3. The average Bonchev–Trinajstić information content (AvgIpc) is 2.96. The van der Waals surface area contributed by atoms with E-state index in [9.17, 15) is 19.7 Å². The molecule has 7 heteroatoms. The molecule has 0 radical (unpaired) electrons. The number of hydrogen-bond acceptors (Lipinski definition) is 6. The maximum atomic E-state index is 11.8. The molecule has 108 valence electrons. The van der Waals surface area contributed by atoms with Crippen LogP contribution in [-0.4, -0.2) is 23.3 Å². The smallest absolute Gasteiger partial charge is 0.379 e. The molecule has 2 rings (SSSR count). The van der Waals surface area contributed by atoms with E-state index in [1.54, 1.807) is 30.5 Å². The Kier molecular flexibility index (Phi) is 4.44. The molecular weight excluding hydrogens is 294 g/mol. The molecule has 1 heterocycles. The summed E-state index contributed by atoms with van der Waals surface area (Å²) >= 11 is 1.28. The maximum absolute atomic E-state index is 11.8. The summed E-state index contributed by atoms with van der Waals surface area (Å²) < 4.78 is 4.66. The van der Waals surface area contributed by atoms with Gasteiger partial charge >= 0.3 is 5.97 Å². The first-order valence-electron chi connectivity index (χ1n) is 6.07. The Morgan fingerprint density at radius 1 is 1.29 bits per heavy atom. The molecule has 0 unspecified atom stereocenters. The first kappa shape index (κ1) is 14.9. The topological polar surface area (TPSA) is 86.5 Å². The number of hydrogen-bond donors (Lipinski definition) is 0. The zero-order chi connectivity index (χ0) is 15.4. The minimum absolute atomic E-state index is 0.00173. The molecule has 0 atom stereocenters. The van der Waals surface area contributed by atoms with Gasteiger partial charge in [0.15, 0.2) is 0 Å². The number of rotatable bonds is 5. The lowest BCUT2D eigenvalue weighted by Gasteiger charge is -1.98. The van der Waals surface area contributed by atoms with Crippen molar-refractivity contribution in [1.82, 2.24) is 0 Å². The Hall–Kier alpha value is -2.54. The SMILES string of the molecule is CCOC(=O)C(=O)c1csc(-c2ccc([N+](=O)[O-])cc2)c1. The fourth-order valence-electron chi connectivity index (χ4n) is 1.67. The van der Waals surface area contributed by atoms with Crippen molar-refractivity contribution in [1.29, 1.82) is 0 Å². The normalized spacial score (nSPS) is 10.1. The Balaban J connectivity index is 2.21. The summed E-state index contributed by atoms with van der Waals surface area (Å²) in [5, 5.41) is 12.2. The summed E-state index contributed by atoms with van der Waals surface area (Å²) in [7, 11) is 0. The van der Waals surface area contributed by atoms with Crippen LogP contribution >= 0.6 is 11.3 Å². The summed E-state index contributed by atoms with van der Waals surface area (Å²) in [5.74, 6) is -1.58. The Morgan fingerprint density at radius 2 is 1.95 bits per heavy atom. The van der Waals surface area contributed by atoms with Crippen LogP contribution in [0.3, 0.4) is 0 Å². The second-order valence-electron chi connectivity index (χ2n) is 4.05. The molecule has 0 bridgehead atoms. The largest absolute Gasteiger partial charge is 0.460 e. The van der Waals surface area contributed by atoms with Crippen molar-refractivity contribution in [2.45, 2.75) is 6.92 Å². The predicted octanol–water partition coefficient (Wildman–Crippen LogP) is 3.07. The van der Waals surface area contributed by atoms with E-state index >= 15 is 0 Å². The van der Waals surface area contributed by atoms with Gasteiger partial charge in [-0.15, -0.1) is 11.3 Å². The van der Waals surface area contributed by atoms with E-state index in [1.165, 1.54) is 23.5 Å². The van der Waals surface area contributed by atoms with Gasteiger partial charge in [-0.2, -0.15) is 0 Å². The van der Waals surface area contributed by atoms with E-state index in [0.717, 1.165) is 10.4 Å². The Labute approximate surface area is 124 Å². The summed E-state index contributed by atoms with van der Waals surface area (Å²) in [4.78, 5) is 34.0. The van der Waals surface area contributed by atoms with E-state index in [-0.39, 0.29) is 17.9 Å². The fourth-order valence-corrected chi connectivity index (χ4v) is 2.56. The van der Waals surface area contributed by atoms with Crippen LogP contribution in [-0.2, 0) is 9.53 Å². The van der Waals surface area contributed by atoms with Crippen molar-refractivity contribution in [2.75, 3.05) is 6.61 Å². The molecular formula is C14H11NO5S. The molecule has 1 aromatic heterocycles. The van der Waals surface area contributed by atoms with Crippen molar-refractivity contribution in [3.8, 4) is 10.4 Å². The molecule has 0 aliphatic heterocycles. The van der Waals surface area contributed by atoms with Gasteiger partial charge in [0.2, 0.25) is 0 Å². The second-order valence-corrected chi connectivity index (χ2v) is 4.96. The molecule has 0 aliphatic rings. The molecule has 2 aromatic rings. The molecule has 0 aliphatic carbocycles. The van der Waals surface area contributed by atoms with Gasteiger partial charge < -0.3 is 4.74 Å². The number of carbonyl (C=O) groups excluding carboxylic acids is 2. The fraction of sp³-hybridized carbons (Fsp3) is 0.143. The summed E-state index contributed by atoms with van der Waals surface area (Å²) in [6.45, 7) is 1.77. The highest BCUT2D eigenvalue weighted by Crippen LogP contribution is 2.29. The van der Waals surface area contributed by atoms with Gasteiger partial charge in [-0.05, 0) is 30.7 Å². The number of esters is 1. The zero-order valence-corrected chi connectivity index (χ0v) is 11.9. The molecule has 0 saturated heterocycles. The molecule has 0 saturated carbocycles. The second kappa shape index (κ2) is 6.27. The third-order valence-corrected chi connectivity index (χ3v) is 3.66. The van der Waals surface area contributed by atoms with Crippen LogP contribution in [0.4, 0.5) is 5.69 Å². The highest BCUT2D eigenvalue weighted by molar-refractivity contribution is 7.14. The van der Waals surface area contributed by atoms with Crippen molar-refractivity contribution < 1.29 is 19.2 Å². The number of benzene rings is 1. The maximum Gasteiger partial charge on any atom is 0.379 e. The van der Waals surface area contributed by atoms with Gasteiger partial charge in [0.05, 0.1) is 11.5 Å². The Bertz CT molecular complexity index is 690. The molecule has 6 nitrogen and oxygen atoms in total. The predicted molar refractivity (Wildman–Crippen MR) is 77.4 cm³/mol. The first-order valence-corrected chi connectivity index (χ1v) is 6.95. The number of nitro benzene ring substituents is 1. The number of ketones is 1. The van der Waals surface area contributed by atoms with Gasteiger partial charge in [0, 0.05) is 28.0 Å². The van der Waals surface area contributed by atoms with Gasteiger partial charge in [0.25, 0.3) is 11.5 Å². The lowest BCUT2D eigenvalue weighted by atomic mass is 10.1. The van der Waals surface area contributed by atoms with E-state index in [0.29, 0.717) is 0 Å². The van der Waals surface area contributed by atoms with Gasteiger partial charge in [-0.1, -0.05) is 0 Å². The molecule has 0 spiro atoms. The number of nitro groups is 1. The van der Waals surface area contributed by atoms with Crippen molar-refractivity contribution in [3.05, 3.63) is 51.4 Å². The quantitative estimate of drug-likeness (QED) is 0.278. The van der Waals surface area contributed by atoms with Crippen LogP contribution in [0.25, 0.3) is 10.4 Å². The number of ether oxygens (including phenoxy) is 1. The molecule has 1 aromatic carbocycles. The van der Waals surface area contributed by atoms with Gasteiger partial charge in [0.1, 0.15) is 0 Å². The first-order chi connectivity index (χ1) is 10.0.